The molecule has 4 fully saturated rings. The second-order valence-electron chi connectivity index (χ2n) is 10.9. The van der Waals surface area contributed by atoms with E-state index in [0.717, 1.165) is 32.3 Å². The van der Waals surface area contributed by atoms with Crippen molar-refractivity contribution in [2.75, 3.05) is 13.2 Å². The van der Waals surface area contributed by atoms with Gasteiger partial charge < -0.3 is 19.3 Å². The summed E-state index contributed by atoms with van der Waals surface area (Å²) in [7, 11) is 0. The van der Waals surface area contributed by atoms with Crippen LogP contribution in [0, 0.1) is 22.7 Å². The van der Waals surface area contributed by atoms with Crippen LogP contribution in [0.5, 0.6) is 0 Å². The Balaban J connectivity index is 1.71. The standard InChI is InChI=1S/C22H38O4/c1-15-7-8-16-20(5)14-24-18(2,3)25-17(20)9-10-21(16,6)22(15)12-11-19(4,13-23)26-22/h15-17,23H,7-14H2,1-6H3/t15-,16+,17+,19-,20+,21-,22+/m0/s1. The first-order valence-electron chi connectivity index (χ1n) is 10.6. The summed E-state index contributed by atoms with van der Waals surface area (Å²) < 4.78 is 19.4. The molecule has 150 valence electrons. The Morgan fingerprint density at radius 3 is 2.35 bits per heavy atom. The van der Waals surface area contributed by atoms with Crippen molar-refractivity contribution in [3.8, 4) is 0 Å². The van der Waals surface area contributed by atoms with Gasteiger partial charge in [-0.15, -0.1) is 0 Å². The third-order valence-corrected chi connectivity index (χ3v) is 8.82. The Morgan fingerprint density at radius 2 is 1.69 bits per heavy atom. The molecule has 0 aromatic carbocycles. The van der Waals surface area contributed by atoms with Gasteiger partial charge in [0.15, 0.2) is 5.79 Å². The van der Waals surface area contributed by atoms with Crippen LogP contribution < -0.4 is 0 Å². The van der Waals surface area contributed by atoms with Crippen molar-refractivity contribution in [3.63, 3.8) is 0 Å². The molecule has 2 aliphatic heterocycles. The highest BCUT2D eigenvalue weighted by atomic mass is 16.7. The quantitative estimate of drug-likeness (QED) is 0.752. The molecule has 2 heterocycles. The molecule has 0 amide bonds. The summed E-state index contributed by atoms with van der Waals surface area (Å²) in [5, 5.41) is 9.94. The van der Waals surface area contributed by atoms with Gasteiger partial charge in [-0.1, -0.05) is 20.8 Å². The van der Waals surface area contributed by atoms with E-state index in [1.165, 1.54) is 12.8 Å². The number of fused-ring (bicyclic) bond motifs is 4. The fourth-order valence-electron chi connectivity index (χ4n) is 7.20. The molecule has 0 unspecified atom stereocenters. The topological polar surface area (TPSA) is 47.9 Å². The summed E-state index contributed by atoms with van der Waals surface area (Å²) in [5.74, 6) is 0.581. The highest BCUT2D eigenvalue weighted by Crippen LogP contribution is 2.68. The molecular formula is C22H38O4. The first-order chi connectivity index (χ1) is 12.0. The maximum atomic E-state index is 9.94. The molecule has 0 bridgehead atoms. The van der Waals surface area contributed by atoms with E-state index in [-0.39, 0.29) is 29.1 Å². The molecule has 0 radical (unpaired) electrons. The molecule has 4 aliphatic rings. The highest BCUT2D eigenvalue weighted by Gasteiger charge is 2.69. The average molecular weight is 367 g/mol. The smallest absolute Gasteiger partial charge is 0.163 e. The van der Waals surface area contributed by atoms with E-state index in [2.05, 4.69) is 27.7 Å². The van der Waals surface area contributed by atoms with Gasteiger partial charge in [0.1, 0.15) is 0 Å². The zero-order valence-electron chi connectivity index (χ0n) is 17.6. The van der Waals surface area contributed by atoms with Crippen molar-refractivity contribution in [1.82, 2.24) is 0 Å². The minimum absolute atomic E-state index is 0.0389. The molecule has 26 heavy (non-hydrogen) atoms. The second-order valence-corrected chi connectivity index (χ2v) is 10.9. The fourth-order valence-corrected chi connectivity index (χ4v) is 7.20. The zero-order valence-corrected chi connectivity index (χ0v) is 17.6. The van der Waals surface area contributed by atoms with Crippen molar-refractivity contribution < 1.29 is 19.3 Å². The molecular weight excluding hydrogens is 328 g/mol. The third-order valence-electron chi connectivity index (χ3n) is 8.82. The van der Waals surface area contributed by atoms with Gasteiger partial charge in [-0.3, -0.25) is 0 Å². The normalized spacial score (nSPS) is 56.2. The van der Waals surface area contributed by atoms with Crippen LogP contribution in [0.25, 0.3) is 0 Å². The van der Waals surface area contributed by atoms with Crippen molar-refractivity contribution in [2.24, 2.45) is 22.7 Å². The Labute approximate surface area is 159 Å². The van der Waals surface area contributed by atoms with Crippen LogP contribution >= 0.6 is 0 Å². The van der Waals surface area contributed by atoms with Gasteiger partial charge in [-0.25, -0.2) is 0 Å². The summed E-state index contributed by atoms with van der Waals surface area (Å²) in [5.41, 5.74) is -0.374. The Bertz CT molecular complexity index is 576. The first-order valence-corrected chi connectivity index (χ1v) is 10.6. The zero-order chi connectivity index (χ0) is 19.0. The van der Waals surface area contributed by atoms with Gasteiger partial charge in [0.05, 0.1) is 30.5 Å². The van der Waals surface area contributed by atoms with E-state index in [4.69, 9.17) is 14.2 Å². The van der Waals surface area contributed by atoms with Gasteiger partial charge in [0.25, 0.3) is 0 Å². The first kappa shape index (κ1) is 19.2. The van der Waals surface area contributed by atoms with Crippen LogP contribution in [-0.2, 0) is 14.2 Å². The van der Waals surface area contributed by atoms with Gasteiger partial charge in [-0.05, 0) is 71.1 Å². The van der Waals surface area contributed by atoms with E-state index in [0.29, 0.717) is 11.8 Å². The molecule has 4 rings (SSSR count). The average Bonchev–Trinajstić information content (AvgIpc) is 2.94. The molecule has 1 spiro atoms. The number of aliphatic hydroxyl groups excluding tert-OH is 1. The third kappa shape index (κ3) is 2.41. The number of ether oxygens (including phenoxy) is 3. The van der Waals surface area contributed by atoms with E-state index >= 15 is 0 Å². The molecule has 2 saturated heterocycles. The summed E-state index contributed by atoms with van der Waals surface area (Å²) in [6.45, 7) is 14.3. The molecule has 4 heteroatoms. The van der Waals surface area contributed by atoms with Crippen LogP contribution in [0.4, 0.5) is 0 Å². The molecule has 1 N–H and O–H groups in total. The van der Waals surface area contributed by atoms with Crippen LogP contribution in [-0.4, -0.2) is 41.4 Å². The lowest BCUT2D eigenvalue weighted by Gasteiger charge is -2.67. The Morgan fingerprint density at radius 1 is 0.962 bits per heavy atom. The number of hydrogen-bond donors (Lipinski definition) is 1. The van der Waals surface area contributed by atoms with E-state index < -0.39 is 11.4 Å². The van der Waals surface area contributed by atoms with Crippen LogP contribution in [0.1, 0.15) is 80.1 Å². The van der Waals surface area contributed by atoms with E-state index in [1.54, 1.807) is 0 Å². The highest BCUT2D eigenvalue weighted by molar-refractivity contribution is 5.17. The second kappa shape index (κ2) is 5.68. The van der Waals surface area contributed by atoms with Gasteiger partial charge >= 0.3 is 0 Å². The van der Waals surface area contributed by atoms with Crippen molar-refractivity contribution in [1.29, 1.82) is 0 Å². The number of aliphatic hydroxyl groups is 1. The lowest BCUT2D eigenvalue weighted by Crippen LogP contribution is -2.68. The van der Waals surface area contributed by atoms with Crippen LogP contribution in [0.3, 0.4) is 0 Å². The molecule has 0 aromatic heterocycles. The molecule has 2 aliphatic carbocycles. The predicted molar refractivity (Wildman–Crippen MR) is 101 cm³/mol. The monoisotopic (exact) mass is 366 g/mol. The summed E-state index contributed by atoms with van der Waals surface area (Å²) in [6, 6.07) is 0. The number of hydrogen-bond acceptors (Lipinski definition) is 4. The maximum Gasteiger partial charge on any atom is 0.163 e. The fraction of sp³-hybridized carbons (Fsp3) is 1.00. The van der Waals surface area contributed by atoms with E-state index in [9.17, 15) is 5.11 Å². The SMILES string of the molecule is C[C@H]1CC[C@@H]2[C@@]3(C)COC(C)(C)O[C@@H]3CC[C@]2(C)[C@@]12CC[C@@](C)(CO)O2. The lowest BCUT2D eigenvalue weighted by molar-refractivity contribution is -0.358. The van der Waals surface area contributed by atoms with Crippen molar-refractivity contribution >= 4 is 0 Å². The molecule has 2 saturated carbocycles. The Kier molecular flexibility index (Phi) is 4.19. The van der Waals surface area contributed by atoms with Gasteiger partial charge in [-0.2, -0.15) is 0 Å². The van der Waals surface area contributed by atoms with E-state index in [1.807, 2.05) is 13.8 Å². The van der Waals surface area contributed by atoms with Crippen molar-refractivity contribution in [3.05, 3.63) is 0 Å². The van der Waals surface area contributed by atoms with Gasteiger partial charge in [0, 0.05) is 10.8 Å². The summed E-state index contributed by atoms with van der Waals surface area (Å²) in [4.78, 5) is 0. The molecule has 0 aromatic rings. The minimum atomic E-state index is -0.475. The molecule has 4 nitrogen and oxygen atoms in total. The van der Waals surface area contributed by atoms with Crippen LogP contribution in [0.15, 0.2) is 0 Å². The van der Waals surface area contributed by atoms with Crippen molar-refractivity contribution in [2.45, 2.75) is 103 Å². The largest absolute Gasteiger partial charge is 0.393 e. The number of rotatable bonds is 1. The lowest BCUT2D eigenvalue weighted by atomic mass is 9.43. The summed E-state index contributed by atoms with van der Waals surface area (Å²) >= 11 is 0. The summed E-state index contributed by atoms with van der Waals surface area (Å²) in [6.07, 6.45) is 6.90. The molecule has 7 atom stereocenters. The van der Waals surface area contributed by atoms with Gasteiger partial charge in [0.2, 0.25) is 0 Å². The minimum Gasteiger partial charge on any atom is -0.393 e. The predicted octanol–water partition coefficient (Wildman–Crippen LogP) is 4.29. The van der Waals surface area contributed by atoms with Crippen LogP contribution in [0.2, 0.25) is 0 Å². The maximum absolute atomic E-state index is 9.94. The Hall–Kier alpha value is -0.160.